The second-order valence-electron chi connectivity index (χ2n) is 5.33. The largest absolute Gasteiger partial charge is 0.380 e. The molecule has 2 heterocycles. The maximum Gasteiger partial charge on any atom is 0.0877 e. The Morgan fingerprint density at radius 1 is 1.30 bits per heavy atom. The van der Waals surface area contributed by atoms with E-state index in [4.69, 9.17) is 11.6 Å². The molecule has 3 rings (SSSR count). The molecule has 0 unspecified atom stereocenters. The molecule has 0 atom stereocenters. The summed E-state index contributed by atoms with van der Waals surface area (Å²) in [4.78, 5) is 2.37. The molecule has 1 aromatic carbocycles. The molecule has 0 saturated carbocycles. The number of anilines is 1. The number of nitrogens with one attached hydrogen (secondary N) is 1. The Hall–Kier alpha value is -1.52. The van der Waals surface area contributed by atoms with Crippen LogP contribution in [0.1, 0.15) is 12.8 Å². The molecule has 5 heteroatoms. The first-order chi connectivity index (χ1) is 9.72. The van der Waals surface area contributed by atoms with E-state index in [1.54, 1.807) is 6.20 Å². The van der Waals surface area contributed by atoms with Gasteiger partial charge in [-0.2, -0.15) is 5.10 Å². The molecule has 1 saturated heterocycles. The lowest BCUT2D eigenvalue weighted by Gasteiger charge is -2.30. The van der Waals surface area contributed by atoms with Gasteiger partial charge in [-0.1, -0.05) is 11.6 Å². The fourth-order valence-electron chi connectivity index (χ4n) is 2.61. The van der Waals surface area contributed by atoms with Crippen molar-refractivity contribution in [3.05, 3.63) is 41.7 Å². The highest BCUT2D eigenvalue weighted by atomic mass is 35.5. The van der Waals surface area contributed by atoms with Crippen molar-refractivity contribution < 1.29 is 0 Å². The molecule has 1 fully saturated rings. The van der Waals surface area contributed by atoms with Crippen molar-refractivity contribution in [3.63, 3.8) is 0 Å². The Labute approximate surface area is 124 Å². The van der Waals surface area contributed by atoms with Crippen molar-refractivity contribution in [1.29, 1.82) is 0 Å². The van der Waals surface area contributed by atoms with Gasteiger partial charge in [0, 0.05) is 23.5 Å². The maximum atomic E-state index is 6.14. The highest BCUT2D eigenvalue weighted by molar-refractivity contribution is 6.31. The summed E-state index contributed by atoms with van der Waals surface area (Å²) < 4.78 is 1.87. The number of benzene rings is 1. The number of likely N-dealkylation sites (tertiary alicyclic amines) is 1. The van der Waals surface area contributed by atoms with Crippen LogP contribution in [0, 0.1) is 0 Å². The fraction of sp³-hybridized carbons (Fsp3) is 0.400. The highest BCUT2D eigenvalue weighted by Crippen LogP contribution is 2.26. The molecular formula is C15H19ClN4. The van der Waals surface area contributed by atoms with E-state index in [2.05, 4.69) is 22.4 Å². The third-order valence-corrected chi connectivity index (χ3v) is 4.02. The molecule has 0 bridgehead atoms. The number of halogens is 1. The van der Waals surface area contributed by atoms with Crippen LogP contribution < -0.4 is 5.32 Å². The molecule has 2 aromatic rings. The summed E-state index contributed by atoms with van der Waals surface area (Å²) >= 11 is 6.14. The first-order valence-electron chi connectivity index (χ1n) is 6.97. The lowest BCUT2D eigenvalue weighted by molar-refractivity contribution is 0.264. The standard InChI is InChI=1S/C15H19ClN4/c1-19-9-5-13(6-10-19)18-14-11-12(16)3-4-15(14)20-8-2-7-17-20/h2-4,7-8,11,13,18H,5-6,9-10H2,1H3. The van der Waals surface area contributed by atoms with E-state index in [0.717, 1.165) is 42.3 Å². The minimum Gasteiger partial charge on any atom is -0.380 e. The smallest absolute Gasteiger partial charge is 0.0877 e. The maximum absolute atomic E-state index is 6.14. The number of hydrogen-bond acceptors (Lipinski definition) is 3. The molecule has 0 amide bonds. The molecule has 1 aromatic heterocycles. The van der Waals surface area contributed by atoms with Crippen LogP contribution in [0.3, 0.4) is 0 Å². The van der Waals surface area contributed by atoms with Gasteiger partial charge in [0.15, 0.2) is 0 Å². The van der Waals surface area contributed by atoms with Crippen molar-refractivity contribution >= 4 is 17.3 Å². The molecule has 0 radical (unpaired) electrons. The van der Waals surface area contributed by atoms with Gasteiger partial charge in [0.25, 0.3) is 0 Å². The first-order valence-corrected chi connectivity index (χ1v) is 7.35. The number of hydrogen-bond donors (Lipinski definition) is 1. The van der Waals surface area contributed by atoms with Crippen LogP contribution >= 0.6 is 11.6 Å². The van der Waals surface area contributed by atoms with Crippen LogP contribution in [0.4, 0.5) is 5.69 Å². The zero-order valence-electron chi connectivity index (χ0n) is 11.6. The Morgan fingerprint density at radius 3 is 2.80 bits per heavy atom. The molecule has 4 nitrogen and oxygen atoms in total. The fourth-order valence-corrected chi connectivity index (χ4v) is 2.78. The van der Waals surface area contributed by atoms with Gasteiger partial charge in [-0.3, -0.25) is 0 Å². The summed E-state index contributed by atoms with van der Waals surface area (Å²) in [7, 11) is 2.17. The van der Waals surface area contributed by atoms with Crippen molar-refractivity contribution in [2.45, 2.75) is 18.9 Å². The molecule has 106 valence electrons. The molecule has 0 aliphatic carbocycles. The number of rotatable bonds is 3. The Bertz CT molecular complexity index is 559. The van der Waals surface area contributed by atoms with E-state index >= 15 is 0 Å². The number of aromatic nitrogens is 2. The zero-order chi connectivity index (χ0) is 13.9. The average molecular weight is 291 g/mol. The topological polar surface area (TPSA) is 33.1 Å². The highest BCUT2D eigenvalue weighted by Gasteiger charge is 2.18. The predicted molar refractivity (Wildman–Crippen MR) is 82.7 cm³/mol. The quantitative estimate of drug-likeness (QED) is 0.943. The van der Waals surface area contributed by atoms with Gasteiger partial charge in [-0.25, -0.2) is 4.68 Å². The van der Waals surface area contributed by atoms with Crippen LogP contribution in [-0.2, 0) is 0 Å². The van der Waals surface area contributed by atoms with E-state index in [-0.39, 0.29) is 0 Å². The van der Waals surface area contributed by atoms with E-state index < -0.39 is 0 Å². The van der Waals surface area contributed by atoms with E-state index in [0.29, 0.717) is 6.04 Å². The molecule has 1 aliphatic heterocycles. The third-order valence-electron chi connectivity index (χ3n) is 3.79. The molecule has 0 spiro atoms. The average Bonchev–Trinajstić information content (AvgIpc) is 2.95. The van der Waals surface area contributed by atoms with Crippen LogP contribution in [0.5, 0.6) is 0 Å². The summed E-state index contributed by atoms with van der Waals surface area (Å²) in [5.74, 6) is 0. The Kier molecular flexibility index (Phi) is 3.94. The monoisotopic (exact) mass is 290 g/mol. The van der Waals surface area contributed by atoms with Crippen molar-refractivity contribution in [3.8, 4) is 5.69 Å². The lowest BCUT2D eigenvalue weighted by atomic mass is 10.0. The van der Waals surface area contributed by atoms with Gasteiger partial charge >= 0.3 is 0 Å². The number of piperidine rings is 1. The van der Waals surface area contributed by atoms with Crippen LogP contribution in [0.2, 0.25) is 5.02 Å². The summed E-state index contributed by atoms with van der Waals surface area (Å²) in [5, 5.41) is 8.68. The molecule has 20 heavy (non-hydrogen) atoms. The second kappa shape index (κ2) is 5.85. The van der Waals surface area contributed by atoms with Crippen LogP contribution in [-0.4, -0.2) is 40.9 Å². The molecule has 1 aliphatic rings. The predicted octanol–water partition coefficient (Wildman–Crippen LogP) is 3.03. The molecule has 1 N–H and O–H groups in total. The summed E-state index contributed by atoms with van der Waals surface area (Å²) in [6.07, 6.45) is 6.04. The van der Waals surface area contributed by atoms with Gasteiger partial charge in [0.1, 0.15) is 0 Å². The third kappa shape index (κ3) is 2.97. The van der Waals surface area contributed by atoms with Gasteiger partial charge in [-0.05, 0) is 57.2 Å². The van der Waals surface area contributed by atoms with Crippen molar-refractivity contribution in [1.82, 2.24) is 14.7 Å². The second-order valence-corrected chi connectivity index (χ2v) is 5.77. The normalized spacial score (nSPS) is 17.3. The van der Waals surface area contributed by atoms with Gasteiger partial charge < -0.3 is 10.2 Å². The first kappa shape index (κ1) is 13.5. The van der Waals surface area contributed by atoms with E-state index in [1.165, 1.54) is 0 Å². The minimum absolute atomic E-state index is 0.499. The number of nitrogens with zero attached hydrogens (tertiary/aromatic N) is 3. The van der Waals surface area contributed by atoms with E-state index in [1.807, 2.05) is 35.1 Å². The Morgan fingerprint density at radius 2 is 2.10 bits per heavy atom. The van der Waals surface area contributed by atoms with Gasteiger partial charge in [-0.15, -0.1) is 0 Å². The zero-order valence-corrected chi connectivity index (χ0v) is 12.3. The van der Waals surface area contributed by atoms with Crippen molar-refractivity contribution in [2.24, 2.45) is 0 Å². The summed E-state index contributed by atoms with van der Waals surface area (Å²) in [6.45, 7) is 2.27. The van der Waals surface area contributed by atoms with Gasteiger partial charge in [0.2, 0.25) is 0 Å². The minimum atomic E-state index is 0.499. The molecular weight excluding hydrogens is 272 g/mol. The van der Waals surface area contributed by atoms with E-state index in [9.17, 15) is 0 Å². The summed E-state index contributed by atoms with van der Waals surface area (Å²) in [6, 6.07) is 8.31. The SMILES string of the molecule is CN1CCC(Nc2cc(Cl)ccc2-n2cccn2)CC1. The Balaban J connectivity index is 1.83. The van der Waals surface area contributed by atoms with Crippen molar-refractivity contribution in [2.75, 3.05) is 25.5 Å². The lowest BCUT2D eigenvalue weighted by Crippen LogP contribution is -2.36. The van der Waals surface area contributed by atoms with Crippen LogP contribution in [0.25, 0.3) is 5.69 Å². The van der Waals surface area contributed by atoms with Crippen LogP contribution in [0.15, 0.2) is 36.7 Å². The van der Waals surface area contributed by atoms with Gasteiger partial charge in [0.05, 0.1) is 11.4 Å². The summed E-state index contributed by atoms with van der Waals surface area (Å²) in [5.41, 5.74) is 2.09.